The first kappa shape index (κ1) is 18.4. The van der Waals surface area contributed by atoms with Gasteiger partial charge in [-0.1, -0.05) is 6.07 Å². The van der Waals surface area contributed by atoms with E-state index in [0.29, 0.717) is 30.9 Å². The molecule has 0 saturated carbocycles. The van der Waals surface area contributed by atoms with Gasteiger partial charge in [-0.3, -0.25) is 9.59 Å². The zero-order valence-electron chi connectivity index (χ0n) is 13.8. The lowest BCUT2D eigenvalue weighted by Crippen LogP contribution is -2.44. The number of amides is 2. The molecule has 132 valence electrons. The van der Waals surface area contributed by atoms with E-state index in [4.69, 9.17) is 4.74 Å². The number of nitrogens with zero attached hydrogens (tertiary/aromatic N) is 1. The number of nitrogens with one attached hydrogen (secondary N) is 1. The van der Waals surface area contributed by atoms with E-state index in [1.54, 1.807) is 29.2 Å². The standard InChI is InChI=1S/C16H22N2O5S/c1-12-11-18(7-8-23-12)16(20)13-4-3-5-14(10-13)17-15(19)6-9-24(2,21)22/h3-5,10,12H,6-9,11H2,1-2H3,(H,17,19). The van der Waals surface area contributed by atoms with Gasteiger partial charge in [0.25, 0.3) is 5.91 Å². The summed E-state index contributed by atoms with van der Waals surface area (Å²) in [5.74, 6) is -0.717. The molecule has 1 saturated heterocycles. The first-order valence-corrected chi connectivity index (χ1v) is 9.79. The number of rotatable bonds is 5. The Morgan fingerprint density at radius 2 is 2.12 bits per heavy atom. The van der Waals surface area contributed by atoms with Gasteiger partial charge >= 0.3 is 0 Å². The number of hydrogen-bond donors (Lipinski definition) is 1. The Hall–Kier alpha value is -1.93. The fraction of sp³-hybridized carbons (Fsp3) is 0.500. The fourth-order valence-electron chi connectivity index (χ4n) is 2.42. The molecule has 1 N–H and O–H groups in total. The van der Waals surface area contributed by atoms with E-state index in [0.717, 1.165) is 6.26 Å². The topological polar surface area (TPSA) is 92.8 Å². The average molecular weight is 354 g/mol. The minimum Gasteiger partial charge on any atom is -0.375 e. The van der Waals surface area contributed by atoms with Gasteiger partial charge in [0.1, 0.15) is 9.84 Å². The highest BCUT2D eigenvalue weighted by atomic mass is 32.2. The summed E-state index contributed by atoms with van der Waals surface area (Å²) < 4.78 is 27.6. The molecule has 7 nitrogen and oxygen atoms in total. The van der Waals surface area contributed by atoms with Gasteiger partial charge in [0.15, 0.2) is 0 Å². The lowest BCUT2D eigenvalue weighted by Gasteiger charge is -2.31. The van der Waals surface area contributed by atoms with Crippen LogP contribution < -0.4 is 5.32 Å². The number of morpholine rings is 1. The highest BCUT2D eigenvalue weighted by molar-refractivity contribution is 7.90. The van der Waals surface area contributed by atoms with E-state index in [-0.39, 0.29) is 24.2 Å². The first-order chi connectivity index (χ1) is 11.2. The quantitative estimate of drug-likeness (QED) is 0.849. The summed E-state index contributed by atoms with van der Waals surface area (Å²) in [5, 5.41) is 2.62. The highest BCUT2D eigenvalue weighted by Crippen LogP contribution is 2.15. The molecule has 1 fully saturated rings. The Kier molecular flexibility index (Phi) is 5.95. The molecule has 1 heterocycles. The predicted octanol–water partition coefficient (Wildman–Crippen LogP) is 0.921. The molecule has 24 heavy (non-hydrogen) atoms. The third-order valence-electron chi connectivity index (χ3n) is 3.62. The number of hydrogen-bond acceptors (Lipinski definition) is 5. The third-order valence-corrected chi connectivity index (χ3v) is 4.57. The Balaban J connectivity index is 2.00. The van der Waals surface area contributed by atoms with Crippen LogP contribution in [0.4, 0.5) is 5.69 Å². The van der Waals surface area contributed by atoms with Crippen LogP contribution in [-0.2, 0) is 19.4 Å². The normalized spacial score (nSPS) is 18.2. The van der Waals surface area contributed by atoms with E-state index < -0.39 is 15.7 Å². The van der Waals surface area contributed by atoms with Crippen molar-refractivity contribution in [1.82, 2.24) is 4.90 Å². The molecule has 1 atom stereocenters. The first-order valence-electron chi connectivity index (χ1n) is 7.73. The van der Waals surface area contributed by atoms with E-state index in [2.05, 4.69) is 5.32 Å². The Labute approximate surface area is 141 Å². The molecule has 0 aromatic heterocycles. The summed E-state index contributed by atoms with van der Waals surface area (Å²) in [7, 11) is -3.19. The summed E-state index contributed by atoms with van der Waals surface area (Å²) >= 11 is 0. The van der Waals surface area contributed by atoms with Gasteiger partial charge in [0.2, 0.25) is 5.91 Å². The lowest BCUT2D eigenvalue weighted by atomic mass is 10.1. The molecule has 0 radical (unpaired) electrons. The second-order valence-electron chi connectivity index (χ2n) is 5.94. The van der Waals surface area contributed by atoms with Crippen LogP contribution in [-0.4, -0.2) is 62.9 Å². The SMILES string of the molecule is CC1CN(C(=O)c2cccc(NC(=O)CCS(C)(=O)=O)c2)CCO1. The molecule has 0 aliphatic carbocycles. The van der Waals surface area contributed by atoms with Crippen molar-refractivity contribution in [2.24, 2.45) is 0 Å². The molecule has 1 aromatic rings. The van der Waals surface area contributed by atoms with Crippen LogP contribution >= 0.6 is 0 Å². The van der Waals surface area contributed by atoms with Crippen molar-refractivity contribution >= 4 is 27.3 Å². The van der Waals surface area contributed by atoms with Gasteiger partial charge in [-0.15, -0.1) is 0 Å². The van der Waals surface area contributed by atoms with Crippen LogP contribution in [0, 0.1) is 0 Å². The van der Waals surface area contributed by atoms with Gasteiger partial charge in [-0.25, -0.2) is 8.42 Å². The van der Waals surface area contributed by atoms with Gasteiger partial charge < -0.3 is 15.0 Å². The van der Waals surface area contributed by atoms with Crippen LogP contribution in [0.25, 0.3) is 0 Å². The van der Waals surface area contributed by atoms with Crippen LogP contribution in [0.3, 0.4) is 0 Å². The van der Waals surface area contributed by atoms with Crippen molar-refractivity contribution in [2.75, 3.05) is 37.0 Å². The molecule has 1 unspecified atom stereocenters. The van der Waals surface area contributed by atoms with Crippen LogP contribution in [0.1, 0.15) is 23.7 Å². The summed E-state index contributed by atoms with van der Waals surface area (Å²) in [6.07, 6.45) is 0.975. The minimum absolute atomic E-state index is 0.00146. The summed E-state index contributed by atoms with van der Waals surface area (Å²) in [5.41, 5.74) is 0.950. The molecule has 1 aliphatic rings. The maximum absolute atomic E-state index is 12.5. The van der Waals surface area contributed by atoms with Gasteiger partial charge in [0.05, 0.1) is 18.5 Å². The van der Waals surface area contributed by atoms with Crippen LogP contribution in [0.2, 0.25) is 0 Å². The van der Waals surface area contributed by atoms with Crippen molar-refractivity contribution in [2.45, 2.75) is 19.4 Å². The molecule has 8 heteroatoms. The zero-order chi connectivity index (χ0) is 17.7. The molecule has 1 aliphatic heterocycles. The van der Waals surface area contributed by atoms with Crippen LogP contribution in [0.5, 0.6) is 0 Å². The van der Waals surface area contributed by atoms with E-state index in [1.807, 2.05) is 6.92 Å². The zero-order valence-corrected chi connectivity index (χ0v) is 14.6. The number of carbonyl (C=O) groups is 2. The summed E-state index contributed by atoms with van der Waals surface area (Å²) in [4.78, 5) is 26.0. The number of carbonyl (C=O) groups excluding carboxylic acids is 2. The van der Waals surface area contributed by atoms with E-state index in [9.17, 15) is 18.0 Å². The average Bonchev–Trinajstić information content (AvgIpc) is 2.52. The molecule has 1 aromatic carbocycles. The Bertz CT molecular complexity index is 717. The highest BCUT2D eigenvalue weighted by Gasteiger charge is 2.22. The molecule has 2 rings (SSSR count). The van der Waals surface area contributed by atoms with E-state index >= 15 is 0 Å². The molecule has 0 spiro atoms. The fourth-order valence-corrected chi connectivity index (χ4v) is 2.97. The van der Waals surface area contributed by atoms with Gasteiger partial charge in [-0.05, 0) is 25.1 Å². The number of benzene rings is 1. The molecule has 2 amide bonds. The molecular weight excluding hydrogens is 332 g/mol. The van der Waals surface area contributed by atoms with Crippen molar-refractivity contribution < 1.29 is 22.7 Å². The monoisotopic (exact) mass is 354 g/mol. The van der Waals surface area contributed by atoms with Crippen molar-refractivity contribution in [3.63, 3.8) is 0 Å². The Morgan fingerprint density at radius 3 is 2.79 bits per heavy atom. The van der Waals surface area contributed by atoms with Crippen molar-refractivity contribution in [3.05, 3.63) is 29.8 Å². The third kappa shape index (κ3) is 5.61. The molecule has 0 bridgehead atoms. The smallest absolute Gasteiger partial charge is 0.254 e. The van der Waals surface area contributed by atoms with Crippen LogP contribution in [0.15, 0.2) is 24.3 Å². The molecular formula is C16H22N2O5S. The second kappa shape index (κ2) is 7.76. The maximum atomic E-state index is 12.5. The largest absolute Gasteiger partial charge is 0.375 e. The van der Waals surface area contributed by atoms with Gasteiger partial charge in [0, 0.05) is 37.0 Å². The summed E-state index contributed by atoms with van der Waals surface area (Å²) in [6.45, 7) is 3.49. The van der Waals surface area contributed by atoms with E-state index in [1.165, 1.54) is 0 Å². The van der Waals surface area contributed by atoms with Crippen molar-refractivity contribution in [3.8, 4) is 0 Å². The second-order valence-corrected chi connectivity index (χ2v) is 8.20. The van der Waals surface area contributed by atoms with Gasteiger partial charge in [-0.2, -0.15) is 0 Å². The lowest BCUT2D eigenvalue weighted by molar-refractivity contribution is -0.115. The summed E-state index contributed by atoms with van der Waals surface area (Å²) in [6, 6.07) is 6.63. The van der Waals surface area contributed by atoms with Crippen molar-refractivity contribution in [1.29, 1.82) is 0 Å². The number of anilines is 1. The number of ether oxygens (including phenoxy) is 1. The minimum atomic E-state index is -3.19. The maximum Gasteiger partial charge on any atom is 0.254 e. The number of sulfone groups is 1. The Morgan fingerprint density at radius 1 is 1.38 bits per heavy atom. The predicted molar refractivity (Wildman–Crippen MR) is 90.7 cm³/mol.